The third-order valence-electron chi connectivity index (χ3n) is 5.37. The summed E-state index contributed by atoms with van der Waals surface area (Å²) in [7, 11) is 0. The minimum Gasteiger partial charge on any atom is -0.323 e. The average Bonchev–Trinajstić information content (AvgIpc) is 3.39. The lowest BCUT2D eigenvalue weighted by atomic mass is 10.0. The van der Waals surface area contributed by atoms with Crippen LogP contribution in [0.5, 0.6) is 0 Å². The maximum absolute atomic E-state index is 13.2. The van der Waals surface area contributed by atoms with Gasteiger partial charge in [-0.2, -0.15) is 9.78 Å². The van der Waals surface area contributed by atoms with Gasteiger partial charge in [0.1, 0.15) is 17.0 Å². The SMILES string of the molecule is Cc1nn(Cc2ccc(F)cc2)c(Cl)c1C1C=C(c2ccc([N+](=O)[O-])cc2)Nc2nnnn21. The van der Waals surface area contributed by atoms with Gasteiger partial charge >= 0.3 is 0 Å². The van der Waals surface area contributed by atoms with Crippen LogP contribution in [-0.2, 0) is 6.54 Å². The van der Waals surface area contributed by atoms with Crippen molar-refractivity contribution in [1.29, 1.82) is 0 Å². The molecular formula is C21H16ClFN8O2. The molecule has 0 bridgehead atoms. The third kappa shape index (κ3) is 3.82. The number of anilines is 1. The molecule has 0 saturated heterocycles. The predicted molar refractivity (Wildman–Crippen MR) is 118 cm³/mol. The predicted octanol–water partition coefficient (Wildman–Crippen LogP) is 3.98. The highest BCUT2D eigenvalue weighted by atomic mass is 35.5. The van der Waals surface area contributed by atoms with Crippen molar-refractivity contribution in [3.63, 3.8) is 0 Å². The Kier molecular flexibility index (Phi) is 5.09. The van der Waals surface area contributed by atoms with Gasteiger partial charge < -0.3 is 5.32 Å². The quantitative estimate of drug-likeness (QED) is 0.349. The number of tetrazole rings is 1. The molecule has 5 rings (SSSR count). The van der Waals surface area contributed by atoms with E-state index in [9.17, 15) is 14.5 Å². The van der Waals surface area contributed by atoms with E-state index in [1.807, 2.05) is 13.0 Å². The second-order valence-corrected chi connectivity index (χ2v) is 7.83. The van der Waals surface area contributed by atoms with Crippen LogP contribution in [0.3, 0.4) is 0 Å². The molecule has 2 aromatic carbocycles. The van der Waals surface area contributed by atoms with Crippen molar-refractivity contribution in [2.45, 2.75) is 19.5 Å². The summed E-state index contributed by atoms with van der Waals surface area (Å²) in [6.45, 7) is 2.21. The maximum Gasteiger partial charge on any atom is 0.269 e. The van der Waals surface area contributed by atoms with Crippen LogP contribution in [0.15, 0.2) is 54.6 Å². The summed E-state index contributed by atoms with van der Waals surface area (Å²) >= 11 is 6.75. The van der Waals surface area contributed by atoms with Crippen LogP contribution in [0.25, 0.3) is 5.70 Å². The first-order chi connectivity index (χ1) is 15.9. The van der Waals surface area contributed by atoms with Crippen molar-refractivity contribution < 1.29 is 9.31 Å². The molecule has 12 heteroatoms. The summed E-state index contributed by atoms with van der Waals surface area (Å²) in [4.78, 5) is 10.5. The summed E-state index contributed by atoms with van der Waals surface area (Å²) in [5.74, 6) is 0.0876. The van der Waals surface area contributed by atoms with Crippen LogP contribution in [0, 0.1) is 22.9 Å². The molecule has 0 fully saturated rings. The standard InChI is InChI=1S/C21H16ClFN8O2/c1-12-19(20(22)29(26-12)11-13-2-6-15(23)7-3-13)18-10-17(24-21-25-27-28-30(18)21)14-4-8-16(9-5-14)31(32)33/h2-10,18H,11H2,1H3,(H,24,25,28). The molecule has 10 nitrogen and oxygen atoms in total. The number of benzene rings is 2. The smallest absolute Gasteiger partial charge is 0.269 e. The molecule has 166 valence electrons. The number of nitrogens with zero attached hydrogens (tertiary/aromatic N) is 7. The molecule has 2 aromatic heterocycles. The zero-order valence-electron chi connectivity index (χ0n) is 17.2. The second-order valence-electron chi connectivity index (χ2n) is 7.48. The van der Waals surface area contributed by atoms with Crippen molar-refractivity contribution in [3.8, 4) is 0 Å². The number of aryl methyl sites for hydroxylation is 1. The fraction of sp³-hybridized carbons (Fsp3) is 0.143. The molecule has 0 aliphatic carbocycles. The van der Waals surface area contributed by atoms with Gasteiger partial charge in [0.25, 0.3) is 5.69 Å². The largest absolute Gasteiger partial charge is 0.323 e. The molecule has 3 heterocycles. The summed E-state index contributed by atoms with van der Waals surface area (Å²) in [6.07, 6.45) is 1.89. The lowest BCUT2D eigenvalue weighted by Crippen LogP contribution is -2.21. The van der Waals surface area contributed by atoms with E-state index in [0.717, 1.165) is 11.1 Å². The number of nitro groups is 1. The number of hydrogen-bond acceptors (Lipinski definition) is 7. The van der Waals surface area contributed by atoms with Gasteiger partial charge in [0.05, 0.1) is 17.2 Å². The van der Waals surface area contributed by atoms with Crippen molar-refractivity contribution >= 4 is 28.9 Å². The molecule has 1 atom stereocenters. The Balaban J connectivity index is 1.54. The average molecular weight is 467 g/mol. The first-order valence-electron chi connectivity index (χ1n) is 9.89. The molecule has 0 amide bonds. The highest BCUT2D eigenvalue weighted by Gasteiger charge is 2.30. The van der Waals surface area contributed by atoms with Crippen molar-refractivity contribution in [3.05, 3.63) is 98.1 Å². The monoisotopic (exact) mass is 466 g/mol. The van der Waals surface area contributed by atoms with Crippen LogP contribution >= 0.6 is 11.6 Å². The Morgan fingerprint density at radius 1 is 1.18 bits per heavy atom. The molecule has 4 aromatic rings. The van der Waals surface area contributed by atoms with E-state index in [4.69, 9.17) is 11.6 Å². The van der Waals surface area contributed by atoms with E-state index in [-0.39, 0.29) is 11.5 Å². The zero-order chi connectivity index (χ0) is 23.1. The number of aromatic nitrogens is 6. The lowest BCUT2D eigenvalue weighted by Gasteiger charge is -2.23. The Morgan fingerprint density at radius 2 is 1.91 bits per heavy atom. The molecule has 0 spiro atoms. The van der Waals surface area contributed by atoms with Crippen LogP contribution in [-0.4, -0.2) is 34.9 Å². The van der Waals surface area contributed by atoms with E-state index < -0.39 is 11.0 Å². The molecular weight excluding hydrogens is 451 g/mol. The maximum atomic E-state index is 13.2. The van der Waals surface area contributed by atoms with Crippen molar-refractivity contribution in [2.24, 2.45) is 0 Å². The van der Waals surface area contributed by atoms with E-state index in [2.05, 4.69) is 25.9 Å². The number of rotatable bonds is 5. The van der Waals surface area contributed by atoms with Gasteiger partial charge in [-0.25, -0.2) is 9.07 Å². The van der Waals surface area contributed by atoms with Gasteiger partial charge in [-0.15, -0.1) is 0 Å². The van der Waals surface area contributed by atoms with Crippen LogP contribution in [0.4, 0.5) is 16.0 Å². The van der Waals surface area contributed by atoms with E-state index >= 15 is 0 Å². The number of nitro benzene ring substituents is 1. The topological polar surface area (TPSA) is 117 Å². The van der Waals surface area contributed by atoms with Gasteiger partial charge in [-0.3, -0.25) is 10.1 Å². The van der Waals surface area contributed by atoms with Gasteiger partial charge in [-0.05, 0) is 58.8 Å². The van der Waals surface area contributed by atoms with Gasteiger partial charge in [-0.1, -0.05) is 28.8 Å². The van der Waals surface area contributed by atoms with Crippen LogP contribution < -0.4 is 5.32 Å². The molecule has 1 N–H and O–H groups in total. The molecule has 0 radical (unpaired) electrons. The third-order valence-corrected chi connectivity index (χ3v) is 5.77. The fourth-order valence-electron chi connectivity index (χ4n) is 3.76. The van der Waals surface area contributed by atoms with Gasteiger partial charge in [0, 0.05) is 23.4 Å². The first kappa shape index (κ1) is 20.8. The van der Waals surface area contributed by atoms with E-state index in [1.165, 1.54) is 24.3 Å². The highest BCUT2D eigenvalue weighted by molar-refractivity contribution is 6.30. The second kappa shape index (κ2) is 8.10. The van der Waals surface area contributed by atoms with Crippen molar-refractivity contribution in [1.82, 2.24) is 30.0 Å². The van der Waals surface area contributed by atoms with E-state index in [1.54, 1.807) is 33.6 Å². The molecule has 1 unspecified atom stereocenters. The Bertz CT molecular complexity index is 1380. The fourth-order valence-corrected chi connectivity index (χ4v) is 4.11. The highest BCUT2D eigenvalue weighted by Crippen LogP contribution is 2.37. The first-order valence-corrected chi connectivity index (χ1v) is 10.3. The van der Waals surface area contributed by atoms with Crippen LogP contribution in [0.1, 0.15) is 28.4 Å². The summed E-state index contributed by atoms with van der Waals surface area (Å²) < 4.78 is 16.5. The summed E-state index contributed by atoms with van der Waals surface area (Å²) in [6, 6.07) is 11.8. The Labute approximate surface area is 191 Å². The zero-order valence-corrected chi connectivity index (χ0v) is 17.9. The number of halogens is 2. The molecule has 1 aliphatic heterocycles. The van der Waals surface area contributed by atoms with Gasteiger partial charge in [0.15, 0.2) is 0 Å². The number of nitrogens with one attached hydrogen (secondary N) is 1. The van der Waals surface area contributed by atoms with Gasteiger partial charge in [0.2, 0.25) is 5.95 Å². The number of non-ortho nitro benzene ring substituents is 1. The Morgan fingerprint density at radius 3 is 2.61 bits per heavy atom. The van der Waals surface area contributed by atoms with E-state index in [0.29, 0.717) is 34.6 Å². The molecule has 1 aliphatic rings. The normalized spacial score (nSPS) is 15.0. The number of allylic oxidation sites excluding steroid dienone is 1. The molecule has 0 saturated carbocycles. The minimum atomic E-state index is -0.462. The lowest BCUT2D eigenvalue weighted by molar-refractivity contribution is -0.384. The summed E-state index contributed by atoms with van der Waals surface area (Å²) in [5, 5.41) is 31.0. The van der Waals surface area contributed by atoms with Crippen LogP contribution in [0.2, 0.25) is 5.15 Å². The minimum absolute atomic E-state index is 0.00231. The number of fused-ring (bicyclic) bond motifs is 1. The molecule has 33 heavy (non-hydrogen) atoms. The van der Waals surface area contributed by atoms with Crippen molar-refractivity contribution in [2.75, 3.05) is 5.32 Å². The Hall–Kier alpha value is -4.12. The number of hydrogen-bond donors (Lipinski definition) is 1. The summed E-state index contributed by atoms with van der Waals surface area (Å²) in [5.41, 5.74) is 3.66.